The fourth-order valence-electron chi connectivity index (χ4n) is 1.32. The van der Waals surface area contributed by atoms with E-state index in [1.807, 2.05) is 0 Å². The fraction of sp³-hybridized carbons (Fsp3) is 0.333. The summed E-state index contributed by atoms with van der Waals surface area (Å²) < 4.78 is 28.4. The summed E-state index contributed by atoms with van der Waals surface area (Å²) in [5.74, 6) is -0.655. The Kier molecular flexibility index (Phi) is 4.75. The SMILES string of the molecule is CC(=O)CCC(=O)c1ccccc1OC(F)F. The smallest absolute Gasteiger partial charge is 0.387 e. The van der Waals surface area contributed by atoms with E-state index in [0.29, 0.717) is 0 Å². The Balaban J connectivity index is 2.81. The Morgan fingerprint density at radius 2 is 1.88 bits per heavy atom. The molecular weight excluding hydrogens is 230 g/mol. The molecule has 0 aliphatic carbocycles. The van der Waals surface area contributed by atoms with Crippen molar-refractivity contribution < 1.29 is 23.1 Å². The van der Waals surface area contributed by atoms with E-state index in [1.54, 1.807) is 6.07 Å². The minimum absolute atomic E-state index is 0.00105. The molecule has 0 N–H and O–H groups in total. The number of ketones is 2. The molecule has 0 saturated heterocycles. The quantitative estimate of drug-likeness (QED) is 0.720. The molecule has 0 unspecified atom stereocenters. The van der Waals surface area contributed by atoms with Crippen molar-refractivity contribution in [3.05, 3.63) is 29.8 Å². The van der Waals surface area contributed by atoms with E-state index in [2.05, 4.69) is 4.74 Å². The van der Waals surface area contributed by atoms with Crippen molar-refractivity contribution in [3.8, 4) is 5.75 Å². The lowest BCUT2D eigenvalue weighted by atomic mass is 10.0. The van der Waals surface area contributed by atoms with Crippen LogP contribution in [0.5, 0.6) is 5.75 Å². The minimum atomic E-state index is -2.98. The molecule has 0 atom stereocenters. The number of ether oxygens (including phenoxy) is 1. The van der Waals surface area contributed by atoms with E-state index in [4.69, 9.17) is 0 Å². The predicted octanol–water partition coefficient (Wildman–Crippen LogP) is 2.84. The maximum Gasteiger partial charge on any atom is 0.387 e. The lowest BCUT2D eigenvalue weighted by Crippen LogP contribution is -2.08. The van der Waals surface area contributed by atoms with E-state index in [1.165, 1.54) is 25.1 Å². The number of rotatable bonds is 6. The summed E-state index contributed by atoms with van der Waals surface area (Å²) in [6.07, 6.45) is 0.0980. The second-order valence-corrected chi connectivity index (χ2v) is 3.50. The van der Waals surface area contributed by atoms with Gasteiger partial charge in [0.1, 0.15) is 11.5 Å². The normalized spacial score (nSPS) is 10.4. The molecule has 0 spiro atoms. The van der Waals surface area contributed by atoms with Gasteiger partial charge in [0, 0.05) is 12.8 Å². The third kappa shape index (κ3) is 4.30. The lowest BCUT2D eigenvalue weighted by Gasteiger charge is -2.09. The number of carbonyl (C=O) groups is 2. The van der Waals surface area contributed by atoms with Crippen molar-refractivity contribution in [2.24, 2.45) is 0 Å². The van der Waals surface area contributed by atoms with Gasteiger partial charge in [0.2, 0.25) is 0 Å². The molecule has 1 rings (SSSR count). The van der Waals surface area contributed by atoms with Crippen LogP contribution >= 0.6 is 0 Å². The van der Waals surface area contributed by atoms with Gasteiger partial charge in [0.15, 0.2) is 5.78 Å². The number of alkyl halides is 2. The molecule has 0 fully saturated rings. The second kappa shape index (κ2) is 6.08. The third-order valence-electron chi connectivity index (χ3n) is 2.11. The Labute approximate surface area is 97.4 Å². The summed E-state index contributed by atoms with van der Waals surface area (Å²) in [7, 11) is 0. The number of halogens is 2. The average Bonchev–Trinajstić information content (AvgIpc) is 2.25. The molecular formula is C12H12F2O3. The molecule has 0 aliphatic heterocycles. The van der Waals surface area contributed by atoms with Crippen LogP contribution in [-0.2, 0) is 4.79 Å². The van der Waals surface area contributed by atoms with Crippen LogP contribution in [0.2, 0.25) is 0 Å². The molecule has 0 saturated carbocycles. The lowest BCUT2D eigenvalue weighted by molar-refractivity contribution is -0.117. The van der Waals surface area contributed by atoms with Crippen LogP contribution in [0.25, 0.3) is 0 Å². The highest BCUT2D eigenvalue weighted by Crippen LogP contribution is 2.22. The molecule has 3 nitrogen and oxygen atoms in total. The molecule has 0 aliphatic rings. The first-order valence-electron chi connectivity index (χ1n) is 5.07. The first-order valence-corrected chi connectivity index (χ1v) is 5.07. The molecule has 0 heterocycles. The summed E-state index contributed by atoms with van der Waals surface area (Å²) in [6, 6.07) is 5.76. The van der Waals surface area contributed by atoms with Gasteiger partial charge < -0.3 is 9.53 Å². The van der Waals surface area contributed by atoms with Crippen LogP contribution in [0.3, 0.4) is 0 Å². The summed E-state index contributed by atoms with van der Waals surface area (Å²) in [5, 5.41) is 0. The van der Waals surface area contributed by atoms with Crippen molar-refractivity contribution in [2.75, 3.05) is 0 Å². The zero-order valence-electron chi connectivity index (χ0n) is 9.28. The fourth-order valence-corrected chi connectivity index (χ4v) is 1.32. The summed E-state index contributed by atoms with van der Waals surface area (Å²) >= 11 is 0. The highest BCUT2D eigenvalue weighted by atomic mass is 19.3. The first kappa shape index (κ1) is 13.3. The van der Waals surface area contributed by atoms with Crippen LogP contribution in [0.1, 0.15) is 30.1 Å². The monoisotopic (exact) mass is 242 g/mol. The van der Waals surface area contributed by atoms with Crippen molar-refractivity contribution in [2.45, 2.75) is 26.4 Å². The Bertz CT molecular complexity index is 416. The molecule has 0 amide bonds. The largest absolute Gasteiger partial charge is 0.434 e. The van der Waals surface area contributed by atoms with Crippen molar-refractivity contribution in [1.82, 2.24) is 0 Å². The number of carbonyl (C=O) groups excluding carboxylic acids is 2. The zero-order chi connectivity index (χ0) is 12.8. The first-order chi connectivity index (χ1) is 8.00. The molecule has 0 radical (unpaired) electrons. The number of Topliss-reactive ketones (excluding diaryl/α,β-unsaturated/α-hetero) is 2. The molecule has 1 aromatic carbocycles. The summed E-state index contributed by atoms with van der Waals surface area (Å²) in [4.78, 5) is 22.4. The van der Waals surface area contributed by atoms with Crippen LogP contribution in [0.15, 0.2) is 24.3 Å². The van der Waals surface area contributed by atoms with E-state index in [-0.39, 0.29) is 35.7 Å². The van der Waals surface area contributed by atoms with Crippen molar-refractivity contribution in [1.29, 1.82) is 0 Å². The molecule has 1 aromatic rings. The Hall–Kier alpha value is -1.78. The highest BCUT2D eigenvalue weighted by Gasteiger charge is 2.15. The third-order valence-corrected chi connectivity index (χ3v) is 2.11. The number of para-hydroxylation sites is 1. The molecule has 92 valence electrons. The van der Waals surface area contributed by atoms with E-state index in [9.17, 15) is 18.4 Å². The van der Waals surface area contributed by atoms with Crippen molar-refractivity contribution >= 4 is 11.6 Å². The van der Waals surface area contributed by atoms with Gasteiger partial charge in [-0.2, -0.15) is 8.78 Å². The second-order valence-electron chi connectivity index (χ2n) is 3.50. The predicted molar refractivity (Wildman–Crippen MR) is 57.3 cm³/mol. The van der Waals surface area contributed by atoms with Gasteiger partial charge in [-0.25, -0.2) is 0 Å². The Morgan fingerprint density at radius 3 is 2.47 bits per heavy atom. The van der Waals surface area contributed by atoms with Gasteiger partial charge in [0.05, 0.1) is 5.56 Å². The van der Waals surface area contributed by atoms with E-state index in [0.717, 1.165) is 0 Å². The maximum absolute atomic E-state index is 12.1. The van der Waals surface area contributed by atoms with Crippen LogP contribution in [-0.4, -0.2) is 18.2 Å². The van der Waals surface area contributed by atoms with Crippen LogP contribution in [0.4, 0.5) is 8.78 Å². The topological polar surface area (TPSA) is 43.4 Å². The van der Waals surface area contributed by atoms with Gasteiger partial charge in [0.25, 0.3) is 0 Å². The van der Waals surface area contributed by atoms with Gasteiger partial charge in [-0.05, 0) is 19.1 Å². The molecule has 0 bridgehead atoms. The van der Waals surface area contributed by atoms with Gasteiger partial charge in [-0.1, -0.05) is 12.1 Å². The standard InChI is InChI=1S/C12H12F2O3/c1-8(15)6-7-10(16)9-4-2-3-5-11(9)17-12(13)14/h2-5,12H,6-7H2,1H3. The van der Waals surface area contributed by atoms with Gasteiger partial charge >= 0.3 is 6.61 Å². The van der Waals surface area contributed by atoms with E-state index < -0.39 is 6.61 Å². The Morgan fingerprint density at radius 1 is 1.24 bits per heavy atom. The van der Waals surface area contributed by atoms with Gasteiger partial charge in [-0.15, -0.1) is 0 Å². The van der Waals surface area contributed by atoms with Crippen LogP contribution in [0, 0.1) is 0 Å². The van der Waals surface area contributed by atoms with Crippen LogP contribution < -0.4 is 4.74 Å². The number of hydrogen-bond donors (Lipinski definition) is 0. The summed E-state index contributed by atoms with van der Waals surface area (Å²) in [6.45, 7) is -1.61. The van der Waals surface area contributed by atoms with E-state index >= 15 is 0 Å². The maximum atomic E-state index is 12.1. The highest BCUT2D eigenvalue weighted by molar-refractivity contribution is 6.00. The average molecular weight is 242 g/mol. The van der Waals surface area contributed by atoms with Crippen molar-refractivity contribution in [3.63, 3.8) is 0 Å². The molecule has 0 aromatic heterocycles. The van der Waals surface area contributed by atoms with Gasteiger partial charge in [-0.3, -0.25) is 4.79 Å². The number of benzene rings is 1. The molecule has 5 heteroatoms. The minimum Gasteiger partial charge on any atom is -0.434 e. The number of hydrogen-bond acceptors (Lipinski definition) is 3. The summed E-state index contributed by atoms with van der Waals surface area (Å²) in [5.41, 5.74) is 0.0778. The zero-order valence-corrected chi connectivity index (χ0v) is 9.28. The molecule has 17 heavy (non-hydrogen) atoms.